The zero-order valence-electron chi connectivity index (χ0n) is 12.6. The number of halogens is 1. The van der Waals surface area contributed by atoms with Crippen molar-refractivity contribution < 1.29 is 14.4 Å². The van der Waals surface area contributed by atoms with Crippen LogP contribution in [0.4, 0.5) is 0 Å². The van der Waals surface area contributed by atoms with Crippen molar-refractivity contribution in [3.05, 3.63) is 0 Å². The van der Waals surface area contributed by atoms with Gasteiger partial charge >= 0.3 is 0 Å². The summed E-state index contributed by atoms with van der Waals surface area (Å²) in [6, 6.07) is 0.159. The first kappa shape index (κ1) is 17.9. The van der Waals surface area contributed by atoms with E-state index in [9.17, 15) is 14.4 Å². The first-order valence-electron chi connectivity index (χ1n) is 7.33. The molecule has 2 fully saturated rings. The van der Waals surface area contributed by atoms with Gasteiger partial charge in [-0.15, -0.1) is 12.4 Å². The average molecular weight is 318 g/mol. The second-order valence-electron chi connectivity index (χ2n) is 5.75. The highest BCUT2D eigenvalue weighted by molar-refractivity contribution is 6.07. The molecular formula is C14H24ClN3O3. The maximum atomic E-state index is 12.2. The molecule has 21 heavy (non-hydrogen) atoms. The zero-order chi connectivity index (χ0) is 14.7. The summed E-state index contributed by atoms with van der Waals surface area (Å²) in [6.45, 7) is 2.29. The van der Waals surface area contributed by atoms with Gasteiger partial charge in [0.15, 0.2) is 0 Å². The number of hydrogen-bond donors (Lipinski definition) is 2. The minimum absolute atomic E-state index is 0. The Morgan fingerprint density at radius 3 is 2.24 bits per heavy atom. The highest BCUT2D eigenvalue weighted by Crippen LogP contribution is 2.37. The summed E-state index contributed by atoms with van der Waals surface area (Å²) in [4.78, 5) is 37.4. The fourth-order valence-corrected chi connectivity index (χ4v) is 2.96. The molecule has 0 aromatic rings. The summed E-state index contributed by atoms with van der Waals surface area (Å²) in [5, 5.41) is 5.75. The van der Waals surface area contributed by atoms with Crippen LogP contribution in [0.5, 0.6) is 0 Å². The fraction of sp³-hybridized carbons (Fsp3) is 0.786. The summed E-state index contributed by atoms with van der Waals surface area (Å²) in [5.41, 5.74) is 0. The molecule has 3 amide bonds. The van der Waals surface area contributed by atoms with E-state index >= 15 is 0 Å². The Kier molecular flexibility index (Phi) is 6.61. The first-order chi connectivity index (χ1) is 9.54. The minimum atomic E-state index is -0.271. The SMILES string of the molecule is CNC(C)CNC(=O)CN1C(=O)C2CCCCC2C1=O.Cl. The first-order valence-corrected chi connectivity index (χ1v) is 7.33. The largest absolute Gasteiger partial charge is 0.353 e. The molecule has 0 aromatic heterocycles. The van der Waals surface area contributed by atoms with Gasteiger partial charge in [-0.1, -0.05) is 12.8 Å². The summed E-state index contributed by atoms with van der Waals surface area (Å²) < 4.78 is 0. The Labute approximate surface area is 131 Å². The van der Waals surface area contributed by atoms with E-state index in [0.717, 1.165) is 30.6 Å². The van der Waals surface area contributed by atoms with Crippen molar-refractivity contribution >= 4 is 30.1 Å². The van der Waals surface area contributed by atoms with Crippen molar-refractivity contribution in [3.8, 4) is 0 Å². The number of imide groups is 1. The lowest BCUT2D eigenvalue weighted by molar-refractivity contribution is -0.143. The van der Waals surface area contributed by atoms with Crippen LogP contribution in [0.25, 0.3) is 0 Å². The van der Waals surface area contributed by atoms with Gasteiger partial charge in [0.25, 0.3) is 0 Å². The number of nitrogens with one attached hydrogen (secondary N) is 2. The summed E-state index contributed by atoms with van der Waals surface area (Å²) in [5.74, 6) is -0.943. The second kappa shape index (κ2) is 7.75. The molecule has 3 unspecified atom stereocenters. The van der Waals surface area contributed by atoms with Crippen LogP contribution in [0.15, 0.2) is 0 Å². The topological polar surface area (TPSA) is 78.5 Å². The number of nitrogens with zero attached hydrogens (tertiary/aromatic N) is 1. The van der Waals surface area contributed by atoms with Crippen LogP contribution in [-0.4, -0.2) is 48.8 Å². The summed E-state index contributed by atoms with van der Waals surface area (Å²) in [7, 11) is 1.81. The Hall–Kier alpha value is -1.14. The van der Waals surface area contributed by atoms with E-state index in [-0.39, 0.29) is 54.6 Å². The molecule has 1 saturated heterocycles. The Bertz CT molecular complexity index is 392. The van der Waals surface area contributed by atoms with E-state index in [2.05, 4.69) is 10.6 Å². The van der Waals surface area contributed by atoms with Crippen LogP contribution < -0.4 is 10.6 Å². The lowest BCUT2D eigenvalue weighted by Crippen LogP contribution is -2.44. The summed E-state index contributed by atoms with van der Waals surface area (Å²) in [6.07, 6.45) is 3.56. The van der Waals surface area contributed by atoms with Gasteiger partial charge in [-0.2, -0.15) is 0 Å². The van der Waals surface area contributed by atoms with Crippen LogP contribution in [0, 0.1) is 11.8 Å². The van der Waals surface area contributed by atoms with E-state index < -0.39 is 0 Å². The van der Waals surface area contributed by atoms with E-state index in [1.165, 1.54) is 0 Å². The number of amides is 3. The predicted octanol–water partition coefficient (Wildman–Crippen LogP) is 0.308. The van der Waals surface area contributed by atoms with Crippen molar-refractivity contribution in [2.24, 2.45) is 11.8 Å². The van der Waals surface area contributed by atoms with Gasteiger partial charge in [0.1, 0.15) is 6.54 Å². The van der Waals surface area contributed by atoms with E-state index in [1.54, 1.807) is 0 Å². The Morgan fingerprint density at radius 2 is 1.76 bits per heavy atom. The molecular weight excluding hydrogens is 294 g/mol. The van der Waals surface area contributed by atoms with Crippen LogP contribution in [-0.2, 0) is 14.4 Å². The van der Waals surface area contributed by atoms with Crippen molar-refractivity contribution in [1.29, 1.82) is 0 Å². The molecule has 120 valence electrons. The van der Waals surface area contributed by atoms with Gasteiger partial charge in [0, 0.05) is 12.6 Å². The fourth-order valence-electron chi connectivity index (χ4n) is 2.96. The van der Waals surface area contributed by atoms with Crippen LogP contribution >= 0.6 is 12.4 Å². The number of carbonyl (C=O) groups is 3. The smallest absolute Gasteiger partial charge is 0.240 e. The molecule has 0 radical (unpaired) electrons. The number of hydrogen-bond acceptors (Lipinski definition) is 4. The van der Waals surface area contributed by atoms with E-state index in [4.69, 9.17) is 0 Å². The lowest BCUT2D eigenvalue weighted by Gasteiger charge is -2.19. The van der Waals surface area contributed by atoms with Crippen molar-refractivity contribution in [3.63, 3.8) is 0 Å². The molecule has 1 aliphatic carbocycles. The lowest BCUT2D eigenvalue weighted by atomic mass is 9.81. The Morgan fingerprint density at radius 1 is 1.24 bits per heavy atom. The number of rotatable bonds is 5. The summed E-state index contributed by atoms with van der Waals surface area (Å²) >= 11 is 0. The molecule has 2 aliphatic rings. The van der Waals surface area contributed by atoms with Crippen LogP contribution in [0.2, 0.25) is 0 Å². The number of carbonyl (C=O) groups excluding carboxylic acids is 3. The third kappa shape index (κ3) is 3.95. The normalized spacial score (nSPS) is 26.1. The molecule has 3 atom stereocenters. The van der Waals surface area contributed by atoms with Gasteiger partial charge in [0.05, 0.1) is 11.8 Å². The quantitative estimate of drug-likeness (QED) is 0.715. The molecule has 1 saturated carbocycles. The number of fused-ring (bicyclic) bond motifs is 1. The zero-order valence-corrected chi connectivity index (χ0v) is 13.4. The maximum absolute atomic E-state index is 12.2. The van der Waals surface area contributed by atoms with Crippen molar-refractivity contribution in [2.75, 3.05) is 20.1 Å². The second-order valence-corrected chi connectivity index (χ2v) is 5.75. The highest BCUT2D eigenvalue weighted by Gasteiger charge is 2.48. The van der Waals surface area contributed by atoms with E-state index in [1.807, 2.05) is 14.0 Å². The molecule has 6 nitrogen and oxygen atoms in total. The van der Waals surface area contributed by atoms with Crippen LogP contribution in [0.3, 0.4) is 0 Å². The van der Waals surface area contributed by atoms with Crippen molar-refractivity contribution in [1.82, 2.24) is 15.5 Å². The standard InChI is InChI=1S/C14H23N3O3.ClH/c1-9(15-2)7-16-12(18)8-17-13(19)10-5-3-4-6-11(10)14(17)20;/h9-11,15H,3-8H2,1-2H3,(H,16,18);1H. The molecule has 7 heteroatoms. The molecule has 0 aromatic carbocycles. The highest BCUT2D eigenvalue weighted by atomic mass is 35.5. The molecule has 2 rings (SSSR count). The third-order valence-electron chi connectivity index (χ3n) is 4.33. The van der Waals surface area contributed by atoms with Gasteiger partial charge < -0.3 is 10.6 Å². The Balaban J connectivity index is 0.00000220. The molecule has 1 heterocycles. The maximum Gasteiger partial charge on any atom is 0.240 e. The van der Waals surface area contributed by atoms with Gasteiger partial charge in [-0.05, 0) is 26.8 Å². The number of likely N-dealkylation sites (N-methyl/N-ethyl adjacent to an activating group) is 1. The minimum Gasteiger partial charge on any atom is -0.353 e. The molecule has 2 N–H and O–H groups in total. The average Bonchev–Trinajstić information content (AvgIpc) is 2.70. The molecule has 0 bridgehead atoms. The van der Waals surface area contributed by atoms with E-state index in [0.29, 0.717) is 6.54 Å². The number of likely N-dealkylation sites (tertiary alicyclic amines) is 1. The molecule has 0 spiro atoms. The third-order valence-corrected chi connectivity index (χ3v) is 4.33. The monoisotopic (exact) mass is 317 g/mol. The van der Waals surface area contributed by atoms with Gasteiger partial charge in [0.2, 0.25) is 17.7 Å². The predicted molar refractivity (Wildman–Crippen MR) is 80.9 cm³/mol. The van der Waals surface area contributed by atoms with Gasteiger partial charge in [-0.3, -0.25) is 19.3 Å². The van der Waals surface area contributed by atoms with Gasteiger partial charge in [-0.25, -0.2) is 0 Å². The van der Waals surface area contributed by atoms with Crippen LogP contribution in [0.1, 0.15) is 32.6 Å². The van der Waals surface area contributed by atoms with Crippen molar-refractivity contribution in [2.45, 2.75) is 38.6 Å². The molecule has 1 aliphatic heterocycles.